The molecule has 1 aliphatic rings. The summed E-state index contributed by atoms with van der Waals surface area (Å²) < 4.78 is 11.1. The van der Waals surface area contributed by atoms with Crippen molar-refractivity contribution in [2.75, 3.05) is 32.5 Å². The van der Waals surface area contributed by atoms with E-state index in [0.717, 1.165) is 29.2 Å². The van der Waals surface area contributed by atoms with Crippen LogP contribution in [0.25, 0.3) is 11.5 Å². The van der Waals surface area contributed by atoms with Gasteiger partial charge in [0.25, 0.3) is 5.89 Å². The molecule has 20 heavy (non-hydrogen) atoms. The third-order valence-electron chi connectivity index (χ3n) is 3.63. The Labute approximate surface area is 121 Å². The van der Waals surface area contributed by atoms with E-state index in [4.69, 9.17) is 15.0 Å². The fraction of sp³-hybridized carbons (Fsp3) is 0.538. The van der Waals surface area contributed by atoms with Crippen LogP contribution < -0.4 is 5.73 Å². The van der Waals surface area contributed by atoms with Crippen LogP contribution in [0.1, 0.15) is 22.4 Å². The lowest BCUT2D eigenvalue weighted by Gasteiger charge is -2.27. The van der Waals surface area contributed by atoms with E-state index >= 15 is 0 Å². The third-order valence-corrected chi connectivity index (χ3v) is 4.66. The van der Waals surface area contributed by atoms with Crippen molar-refractivity contribution >= 4 is 16.3 Å². The van der Waals surface area contributed by atoms with Crippen LogP contribution in [-0.2, 0) is 4.74 Å². The van der Waals surface area contributed by atoms with Crippen molar-refractivity contribution < 1.29 is 9.26 Å². The first-order chi connectivity index (χ1) is 9.56. The smallest absolute Gasteiger partial charge is 0.261 e. The Hall–Kier alpha value is -1.44. The minimum absolute atomic E-state index is 0.132. The van der Waals surface area contributed by atoms with Crippen LogP contribution in [0.2, 0.25) is 0 Å². The molecule has 0 saturated carbocycles. The van der Waals surface area contributed by atoms with Gasteiger partial charge in [0.05, 0.1) is 17.2 Å². The first-order valence-electron chi connectivity index (χ1n) is 6.56. The maximum absolute atomic E-state index is 6.04. The minimum Gasteiger partial charge on any atom is -0.390 e. The molecule has 0 bridgehead atoms. The summed E-state index contributed by atoms with van der Waals surface area (Å²) in [5.74, 6) is 1.07. The van der Waals surface area contributed by atoms with Crippen LogP contribution in [0.15, 0.2) is 4.52 Å². The highest BCUT2D eigenvalue weighted by Gasteiger charge is 2.26. The van der Waals surface area contributed by atoms with E-state index in [2.05, 4.69) is 22.1 Å². The van der Waals surface area contributed by atoms with Gasteiger partial charge >= 0.3 is 0 Å². The van der Waals surface area contributed by atoms with Gasteiger partial charge in [0.1, 0.15) is 6.10 Å². The number of ether oxygens (including phenoxy) is 1. The number of morpholine rings is 1. The monoisotopic (exact) mass is 294 g/mol. The second kappa shape index (κ2) is 5.16. The zero-order chi connectivity index (χ0) is 14.3. The summed E-state index contributed by atoms with van der Waals surface area (Å²) in [4.78, 5) is 7.84. The summed E-state index contributed by atoms with van der Waals surface area (Å²) in [5.41, 5.74) is 7.99. The lowest BCUT2D eigenvalue weighted by atomic mass is 10.1. The van der Waals surface area contributed by atoms with E-state index in [1.165, 1.54) is 4.88 Å². The first kappa shape index (κ1) is 13.5. The highest BCUT2D eigenvalue weighted by atomic mass is 32.1. The molecule has 0 aliphatic carbocycles. The van der Waals surface area contributed by atoms with Crippen molar-refractivity contribution in [1.82, 2.24) is 15.0 Å². The number of thiophene rings is 1. The molecular weight excluding hydrogens is 276 g/mol. The average Bonchev–Trinajstić information content (AvgIpc) is 2.96. The van der Waals surface area contributed by atoms with E-state index in [1.54, 1.807) is 11.3 Å². The summed E-state index contributed by atoms with van der Waals surface area (Å²) in [7, 11) is 2.06. The molecule has 1 fully saturated rings. The molecule has 2 N–H and O–H groups in total. The third kappa shape index (κ3) is 2.32. The average molecular weight is 294 g/mol. The summed E-state index contributed by atoms with van der Waals surface area (Å²) in [6.07, 6.45) is -0.132. The molecule has 0 amide bonds. The van der Waals surface area contributed by atoms with Gasteiger partial charge in [0.2, 0.25) is 5.82 Å². The SMILES string of the molecule is Cc1sc(N)c(-c2nc(C3CN(C)CCO3)no2)c1C. The molecule has 1 unspecified atom stereocenters. The molecule has 7 heteroatoms. The molecule has 0 spiro atoms. The molecule has 2 aromatic heterocycles. The number of aryl methyl sites for hydroxylation is 1. The number of hydrogen-bond donors (Lipinski definition) is 1. The predicted octanol–water partition coefficient (Wildman–Crippen LogP) is 2.00. The van der Waals surface area contributed by atoms with Gasteiger partial charge in [0, 0.05) is 18.0 Å². The minimum atomic E-state index is -0.132. The molecule has 3 rings (SSSR count). The molecule has 6 nitrogen and oxygen atoms in total. The van der Waals surface area contributed by atoms with Gasteiger partial charge in [-0.1, -0.05) is 5.16 Å². The van der Waals surface area contributed by atoms with Crippen LogP contribution in [0.3, 0.4) is 0 Å². The first-order valence-corrected chi connectivity index (χ1v) is 7.37. The van der Waals surface area contributed by atoms with E-state index in [0.29, 0.717) is 18.3 Å². The maximum Gasteiger partial charge on any atom is 0.261 e. The quantitative estimate of drug-likeness (QED) is 0.913. The highest BCUT2D eigenvalue weighted by molar-refractivity contribution is 7.16. The number of nitrogen functional groups attached to an aromatic ring is 1. The van der Waals surface area contributed by atoms with Crippen molar-refractivity contribution in [2.45, 2.75) is 20.0 Å². The number of likely N-dealkylation sites (N-methyl/N-ethyl adjacent to an activating group) is 1. The van der Waals surface area contributed by atoms with E-state index < -0.39 is 0 Å². The Morgan fingerprint density at radius 3 is 2.85 bits per heavy atom. The van der Waals surface area contributed by atoms with Gasteiger partial charge in [-0.15, -0.1) is 11.3 Å². The van der Waals surface area contributed by atoms with Gasteiger partial charge in [-0.25, -0.2) is 0 Å². The fourth-order valence-corrected chi connectivity index (χ4v) is 3.25. The number of nitrogens with two attached hydrogens (primary N) is 1. The second-order valence-corrected chi connectivity index (χ2v) is 6.36. The highest BCUT2D eigenvalue weighted by Crippen LogP contribution is 2.37. The molecule has 0 radical (unpaired) electrons. The molecule has 1 atom stereocenters. The Bertz CT molecular complexity index is 622. The van der Waals surface area contributed by atoms with Crippen molar-refractivity contribution in [3.63, 3.8) is 0 Å². The summed E-state index contributed by atoms with van der Waals surface area (Å²) >= 11 is 1.55. The zero-order valence-corrected chi connectivity index (χ0v) is 12.7. The Balaban J connectivity index is 1.90. The van der Waals surface area contributed by atoms with Crippen molar-refractivity contribution in [1.29, 1.82) is 0 Å². The van der Waals surface area contributed by atoms with Crippen molar-refractivity contribution in [3.05, 3.63) is 16.3 Å². The standard InChI is InChI=1S/C13H18N4O2S/c1-7-8(2)20-11(14)10(7)13-15-12(16-19-13)9-6-17(3)4-5-18-9/h9H,4-6,14H2,1-3H3. The summed E-state index contributed by atoms with van der Waals surface area (Å²) in [6.45, 7) is 6.44. The summed E-state index contributed by atoms with van der Waals surface area (Å²) in [6, 6.07) is 0. The van der Waals surface area contributed by atoms with Crippen LogP contribution in [0, 0.1) is 13.8 Å². The maximum atomic E-state index is 6.04. The number of aromatic nitrogens is 2. The lowest BCUT2D eigenvalue weighted by molar-refractivity contribution is -0.0264. The van der Waals surface area contributed by atoms with E-state index in [1.807, 2.05) is 13.8 Å². The Morgan fingerprint density at radius 1 is 1.40 bits per heavy atom. The topological polar surface area (TPSA) is 77.4 Å². The number of rotatable bonds is 2. The predicted molar refractivity (Wildman–Crippen MR) is 77.7 cm³/mol. The molecule has 3 heterocycles. The fourth-order valence-electron chi connectivity index (χ4n) is 2.32. The van der Waals surface area contributed by atoms with Gasteiger partial charge in [-0.3, -0.25) is 0 Å². The molecule has 0 aromatic carbocycles. The summed E-state index contributed by atoms with van der Waals surface area (Å²) in [5, 5.41) is 4.77. The number of anilines is 1. The van der Waals surface area contributed by atoms with Crippen molar-refractivity contribution in [3.8, 4) is 11.5 Å². The van der Waals surface area contributed by atoms with E-state index in [9.17, 15) is 0 Å². The normalized spacial score (nSPS) is 20.4. The molecule has 1 saturated heterocycles. The number of hydrogen-bond acceptors (Lipinski definition) is 7. The Morgan fingerprint density at radius 2 is 2.20 bits per heavy atom. The van der Waals surface area contributed by atoms with E-state index in [-0.39, 0.29) is 6.10 Å². The molecule has 1 aliphatic heterocycles. The largest absolute Gasteiger partial charge is 0.390 e. The Kier molecular flexibility index (Phi) is 3.49. The van der Waals surface area contributed by atoms with Crippen molar-refractivity contribution in [2.24, 2.45) is 0 Å². The van der Waals surface area contributed by atoms with Gasteiger partial charge in [-0.05, 0) is 26.5 Å². The van der Waals surface area contributed by atoms with Gasteiger partial charge < -0.3 is 19.9 Å². The molecule has 2 aromatic rings. The molecule has 108 valence electrons. The second-order valence-electron chi connectivity index (χ2n) is 5.10. The number of nitrogens with zero attached hydrogens (tertiary/aromatic N) is 3. The zero-order valence-electron chi connectivity index (χ0n) is 11.8. The van der Waals surface area contributed by atoms with Gasteiger partial charge in [-0.2, -0.15) is 4.98 Å². The van der Waals surface area contributed by atoms with Crippen LogP contribution in [-0.4, -0.2) is 41.8 Å². The lowest BCUT2D eigenvalue weighted by Crippen LogP contribution is -2.35. The van der Waals surface area contributed by atoms with Crippen LogP contribution in [0.5, 0.6) is 0 Å². The van der Waals surface area contributed by atoms with Crippen LogP contribution in [0.4, 0.5) is 5.00 Å². The molecular formula is C13H18N4O2S. The van der Waals surface area contributed by atoms with Gasteiger partial charge in [0.15, 0.2) is 0 Å². The van der Waals surface area contributed by atoms with Crippen LogP contribution >= 0.6 is 11.3 Å².